The van der Waals surface area contributed by atoms with E-state index in [4.69, 9.17) is 4.52 Å². The fraction of sp³-hybridized carbons (Fsp3) is 0.571. The second kappa shape index (κ2) is 6.09. The van der Waals surface area contributed by atoms with Crippen LogP contribution in [0, 0.1) is 5.92 Å². The Morgan fingerprint density at radius 1 is 1.20 bits per heavy atom. The van der Waals surface area contributed by atoms with Crippen molar-refractivity contribution in [3.05, 3.63) is 24.4 Å². The summed E-state index contributed by atoms with van der Waals surface area (Å²) in [4.78, 5) is 12.7. The molecule has 2 unspecified atom stereocenters. The van der Waals surface area contributed by atoms with Crippen molar-refractivity contribution in [3.8, 4) is 11.6 Å². The predicted molar refractivity (Wildman–Crippen MR) is 73.8 cm³/mol. The van der Waals surface area contributed by atoms with E-state index in [0.29, 0.717) is 29.5 Å². The molecular weight excluding hydrogens is 254 g/mol. The Hall–Kier alpha value is -1.82. The Kier molecular flexibility index (Phi) is 4.01. The van der Waals surface area contributed by atoms with Crippen LogP contribution in [-0.2, 0) is 6.42 Å². The molecule has 2 atom stereocenters. The van der Waals surface area contributed by atoms with Gasteiger partial charge in [-0.25, -0.2) is 9.97 Å². The van der Waals surface area contributed by atoms with Gasteiger partial charge in [0.05, 0.1) is 0 Å². The van der Waals surface area contributed by atoms with Crippen LogP contribution in [0.4, 0.5) is 0 Å². The fourth-order valence-corrected chi connectivity index (χ4v) is 2.90. The Labute approximate surface area is 118 Å². The summed E-state index contributed by atoms with van der Waals surface area (Å²) in [5.41, 5.74) is 0. The molecule has 0 aliphatic heterocycles. The summed E-state index contributed by atoms with van der Waals surface area (Å²) < 4.78 is 5.35. The van der Waals surface area contributed by atoms with Gasteiger partial charge in [-0.2, -0.15) is 4.98 Å². The number of aromatic nitrogens is 4. The molecule has 1 aliphatic rings. The van der Waals surface area contributed by atoms with Gasteiger partial charge < -0.3 is 9.84 Å². The average Bonchev–Trinajstić information content (AvgIpc) is 2.97. The number of hydrogen-bond donors (Lipinski definition) is 1. The minimum atomic E-state index is 0.470. The van der Waals surface area contributed by atoms with E-state index in [2.05, 4.69) is 25.4 Å². The first-order valence-electron chi connectivity index (χ1n) is 7.14. The van der Waals surface area contributed by atoms with Crippen molar-refractivity contribution in [2.45, 2.75) is 38.1 Å². The van der Waals surface area contributed by atoms with Gasteiger partial charge >= 0.3 is 0 Å². The predicted octanol–water partition coefficient (Wildman–Crippen LogP) is 1.85. The third kappa shape index (κ3) is 2.85. The molecular formula is C14H19N5O. The quantitative estimate of drug-likeness (QED) is 0.916. The van der Waals surface area contributed by atoms with E-state index in [1.807, 2.05) is 7.05 Å². The molecule has 6 nitrogen and oxygen atoms in total. The van der Waals surface area contributed by atoms with Crippen LogP contribution in [0.15, 0.2) is 23.0 Å². The van der Waals surface area contributed by atoms with Crippen LogP contribution >= 0.6 is 0 Å². The Morgan fingerprint density at radius 3 is 2.80 bits per heavy atom. The number of hydrogen-bond acceptors (Lipinski definition) is 6. The van der Waals surface area contributed by atoms with Gasteiger partial charge in [0.15, 0.2) is 0 Å². The van der Waals surface area contributed by atoms with Gasteiger partial charge in [-0.05, 0) is 31.9 Å². The zero-order valence-corrected chi connectivity index (χ0v) is 11.6. The molecule has 20 heavy (non-hydrogen) atoms. The molecule has 0 saturated heterocycles. The van der Waals surface area contributed by atoms with Gasteiger partial charge in [0.2, 0.25) is 17.5 Å². The summed E-state index contributed by atoms with van der Waals surface area (Å²) in [6.07, 6.45) is 9.20. The van der Waals surface area contributed by atoms with Crippen molar-refractivity contribution >= 4 is 0 Å². The van der Waals surface area contributed by atoms with Crippen molar-refractivity contribution in [2.75, 3.05) is 7.05 Å². The summed E-state index contributed by atoms with van der Waals surface area (Å²) >= 11 is 0. The first kappa shape index (κ1) is 13.2. The topological polar surface area (TPSA) is 76.7 Å². The Bertz CT molecular complexity index is 542. The molecule has 0 bridgehead atoms. The highest BCUT2D eigenvalue weighted by Crippen LogP contribution is 2.27. The molecule has 0 amide bonds. The standard InChI is InChI=1S/C14H19N5O/c1-15-11-6-3-2-5-10(11)9-12-18-14(19-20-12)13-16-7-4-8-17-13/h4,7-8,10-11,15H,2-3,5-6,9H2,1H3. The van der Waals surface area contributed by atoms with Gasteiger partial charge in [-0.3, -0.25) is 0 Å². The van der Waals surface area contributed by atoms with Crippen LogP contribution in [-0.4, -0.2) is 33.2 Å². The van der Waals surface area contributed by atoms with Gasteiger partial charge in [-0.1, -0.05) is 18.0 Å². The van der Waals surface area contributed by atoms with Gasteiger partial charge in [0.25, 0.3) is 0 Å². The average molecular weight is 273 g/mol. The van der Waals surface area contributed by atoms with Crippen molar-refractivity contribution in [1.82, 2.24) is 25.4 Å². The second-order valence-electron chi connectivity index (χ2n) is 5.23. The third-order valence-corrected chi connectivity index (χ3v) is 3.95. The highest BCUT2D eigenvalue weighted by molar-refractivity contribution is 5.40. The summed E-state index contributed by atoms with van der Waals surface area (Å²) in [5, 5.41) is 7.37. The normalized spacial score (nSPS) is 22.9. The summed E-state index contributed by atoms with van der Waals surface area (Å²) in [6.45, 7) is 0. The maximum absolute atomic E-state index is 5.35. The largest absolute Gasteiger partial charge is 0.339 e. The molecule has 1 aliphatic carbocycles. The summed E-state index contributed by atoms with van der Waals surface area (Å²) in [5.74, 6) is 2.23. The Morgan fingerprint density at radius 2 is 2.00 bits per heavy atom. The molecule has 2 aromatic rings. The molecule has 3 rings (SSSR count). The molecule has 1 fully saturated rings. The molecule has 6 heteroatoms. The van der Waals surface area contributed by atoms with Gasteiger partial charge in [0.1, 0.15) is 0 Å². The maximum atomic E-state index is 5.35. The summed E-state index contributed by atoms with van der Waals surface area (Å²) in [7, 11) is 2.03. The highest BCUT2D eigenvalue weighted by Gasteiger charge is 2.26. The lowest BCUT2D eigenvalue weighted by molar-refractivity contribution is 0.248. The van der Waals surface area contributed by atoms with Crippen LogP contribution in [0.3, 0.4) is 0 Å². The zero-order chi connectivity index (χ0) is 13.8. The first-order valence-corrected chi connectivity index (χ1v) is 7.14. The van der Waals surface area contributed by atoms with Crippen LogP contribution in [0.1, 0.15) is 31.6 Å². The van der Waals surface area contributed by atoms with E-state index in [1.54, 1.807) is 18.5 Å². The Balaban J connectivity index is 1.71. The van der Waals surface area contributed by atoms with Gasteiger partial charge in [0, 0.05) is 24.9 Å². The summed E-state index contributed by atoms with van der Waals surface area (Å²) in [6, 6.07) is 2.32. The second-order valence-corrected chi connectivity index (χ2v) is 5.23. The lowest BCUT2D eigenvalue weighted by Gasteiger charge is -2.30. The molecule has 0 spiro atoms. The van der Waals surface area contributed by atoms with Crippen LogP contribution in [0.25, 0.3) is 11.6 Å². The zero-order valence-electron chi connectivity index (χ0n) is 11.6. The lowest BCUT2D eigenvalue weighted by Crippen LogP contribution is -2.37. The molecule has 1 N–H and O–H groups in total. The van der Waals surface area contributed by atoms with E-state index >= 15 is 0 Å². The van der Waals surface area contributed by atoms with Gasteiger partial charge in [-0.15, -0.1) is 0 Å². The lowest BCUT2D eigenvalue weighted by atomic mass is 9.82. The maximum Gasteiger partial charge on any atom is 0.240 e. The van der Waals surface area contributed by atoms with Crippen LogP contribution in [0.2, 0.25) is 0 Å². The minimum Gasteiger partial charge on any atom is -0.339 e. The molecule has 2 aromatic heterocycles. The molecule has 106 valence electrons. The SMILES string of the molecule is CNC1CCCCC1Cc1nc(-c2ncccn2)no1. The van der Waals surface area contributed by atoms with Crippen molar-refractivity contribution in [1.29, 1.82) is 0 Å². The number of nitrogens with zero attached hydrogens (tertiary/aromatic N) is 4. The molecule has 0 radical (unpaired) electrons. The van der Waals surface area contributed by atoms with E-state index < -0.39 is 0 Å². The third-order valence-electron chi connectivity index (χ3n) is 3.95. The van der Waals surface area contributed by atoms with Crippen molar-refractivity contribution in [3.63, 3.8) is 0 Å². The molecule has 2 heterocycles. The highest BCUT2D eigenvalue weighted by atomic mass is 16.5. The fourth-order valence-electron chi connectivity index (χ4n) is 2.90. The van der Waals surface area contributed by atoms with Crippen LogP contribution < -0.4 is 5.32 Å². The van der Waals surface area contributed by atoms with Crippen LogP contribution in [0.5, 0.6) is 0 Å². The minimum absolute atomic E-state index is 0.470. The monoisotopic (exact) mass is 273 g/mol. The first-order chi connectivity index (χ1) is 9.86. The van der Waals surface area contributed by atoms with Crippen molar-refractivity contribution in [2.24, 2.45) is 5.92 Å². The molecule has 0 aromatic carbocycles. The van der Waals surface area contributed by atoms with E-state index in [1.165, 1.54) is 25.7 Å². The smallest absolute Gasteiger partial charge is 0.240 e. The van der Waals surface area contributed by atoms with Crippen molar-refractivity contribution < 1.29 is 4.52 Å². The van der Waals surface area contributed by atoms with E-state index in [-0.39, 0.29) is 0 Å². The number of nitrogens with one attached hydrogen (secondary N) is 1. The van der Waals surface area contributed by atoms with E-state index in [0.717, 1.165) is 6.42 Å². The molecule has 1 saturated carbocycles. The van der Waals surface area contributed by atoms with E-state index in [9.17, 15) is 0 Å². The number of rotatable bonds is 4.